The Morgan fingerprint density at radius 1 is 1.35 bits per heavy atom. The van der Waals surface area contributed by atoms with Crippen LogP contribution in [0.1, 0.15) is 12.6 Å². The highest BCUT2D eigenvalue weighted by Crippen LogP contribution is 2.28. The molecular weight excluding hydrogens is 302 g/mol. The normalized spacial score (nSPS) is 23.8. The maximum absolute atomic E-state index is 12.1. The summed E-state index contributed by atoms with van der Waals surface area (Å²) in [5.41, 5.74) is -0.119. The van der Waals surface area contributed by atoms with Gasteiger partial charge < -0.3 is 25.4 Å². The van der Waals surface area contributed by atoms with Gasteiger partial charge in [0.15, 0.2) is 0 Å². The monoisotopic (exact) mass is 319 g/mol. The largest absolute Gasteiger partial charge is 0.506 e. The minimum absolute atomic E-state index is 0.0477. The molecule has 1 aromatic carbocycles. The van der Waals surface area contributed by atoms with Crippen molar-refractivity contribution in [1.29, 1.82) is 0 Å². The summed E-state index contributed by atoms with van der Waals surface area (Å²) < 4.78 is 6.69. The van der Waals surface area contributed by atoms with Crippen LogP contribution in [0.4, 0.5) is 11.5 Å². The van der Waals surface area contributed by atoms with Crippen molar-refractivity contribution in [2.75, 3.05) is 11.9 Å². The molecule has 2 aromatic rings. The fourth-order valence-corrected chi connectivity index (χ4v) is 2.47. The van der Waals surface area contributed by atoms with Gasteiger partial charge in [-0.2, -0.15) is 4.98 Å². The minimum Gasteiger partial charge on any atom is -0.506 e. The third-order valence-electron chi connectivity index (χ3n) is 3.69. The molecule has 1 aromatic heterocycles. The Labute approximate surface area is 131 Å². The number of phenolic OH excluding ortho intramolecular Hbond substituents is 1. The Morgan fingerprint density at radius 3 is 2.78 bits per heavy atom. The van der Waals surface area contributed by atoms with Gasteiger partial charge in [-0.05, 0) is 18.2 Å². The zero-order valence-electron chi connectivity index (χ0n) is 12.2. The highest BCUT2D eigenvalue weighted by molar-refractivity contribution is 5.62. The molecule has 0 radical (unpaired) electrons. The van der Waals surface area contributed by atoms with E-state index in [4.69, 9.17) is 9.84 Å². The average molecular weight is 319 g/mol. The molecule has 0 amide bonds. The van der Waals surface area contributed by atoms with Crippen LogP contribution in [-0.2, 0) is 4.74 Å². The van der Waals surface area contributed by atoms with Crippen molar-refractivity contribution in [3.05, 3.63) is 47.0 Å². The molecule has 0 aliphatic carbocycles. The van der Waals surface area contributed by atoms with Crippen molar-refractivity contribution in [3.8, 4) is 5.75 Å². The summed E-state index contributed by atoms with van der Waals surface area (Å²) >= 11 is 0. The molecule has 8 heteroatoms. The lowest BCUT2D eigenvalue weighted by Crippen LogP contribution is -2.27. The summed E-state index contributed by atoms with van der Waals surface area (Å²) in [5, 5.41) is 31.4. The van der Waals surface area contributed by atoms with E-state index in [2.05, 4.69) is 10.3 Å². The highest BCUT2D eigenvalue weighted by atomic mass is 16.5. The van der Waals surface area contributed by atoms with Crippen LogP contribution in [-0.4, -0.2) is 43.7 Å². The molecule has 3 rings (SSSR count). The van der Waals surface area contributed by atoms with E-state index in [0.29, 0.717) is 5.69 Å². The van der Waals surface area contributed by atoms with Crippen LogP contribution in [0.2, 0.25) is 0 Å². The standard InChI is InChI=1S/C15H17N3O5/c19-8-12-11(21)7-14(23-12)18-6-5-13(17-15(18)22)16-9-3-1-2-4-10(9)20/h1-6,11-12,14,19-21H,7-8H2,(H,16,17,22)/t11?,12-,14-/m1/s1. The number of nitrogens with one attached hydrogen (secondary N) is 1. The molecule has 1 unspecified atom stereocenters. The second kappa shape index (κ2) is 6.37. The molecule has 3 atom stereocenters. The van der Waals surface area contributed by atoms with Crippen LogP contribution in [0.3, 0.4) is 0 Å². The van der Waals surface area contributed by atoms with Crippen molar-refractivity contribution in [2.24, 2.45) is 0 Å². The number of aliphatic hydroxyl groups is 2. The number of aliphatic hydroxyl groups excluding tert-OH is 2. The predicted molar refractivity (Wildman–Crippen MR) is 81.5 cm³/mol. The van der Waals surface area contributed by atoms with Crippen molar-refractivity contribution in [3.63, 3.8) is 0 Å². The zero-order chi connectivity index (χ0) is 16.4. The number of rotatable bonds is 4. The number of aromatic nitrogens is 2. The molecule has 1 fully saturated rings. The SMILES string of the molecule is O=c1nc(Nc2ccccc2O)ccn1[C@H]1CC(O)[C@@H](CO)O1. The first-order chi connectivity index (χ1) is 11.1. The Kier molecular flexibility index (Phi) is 4.28. The van der Waals surface area contributed by atoms with Gasteiger partial charge in [0.25, 0.3) is 0 Å². The molecule has 1 saturated heterocycles. The predicted octanol–water partition coefficient (Wildman–Crippen LogP) is 0.333. The first kappa shape index (κ1) is 15.5. The van der Waals surface area contributed by atoms with E-state index < -0.39 is 24.1 Å². The average Bonchev–Trinajstić information content (AvgIpc) is 2.90. The maximum Gasteiger partial charge on any atom is 0.351 e. The van der Waals surface area contributed by atoms with Gasteiger partial charge in [-0.25, -0.2) is 4.79 Å². The molecule has 1 aliphatic rings. The molecule has 8 nitrogen and oxygen atoms in total. The van der Waals surface area contributed by atoms with E-state index >= 15 is 0 Å². The number of anilines is 2. The van der Waals surface area contributed by atoms with E-state index in [9.17, 15) is 15.0 Å². The van der Waals surface area contributed by atoms with E-state index in [0.717, 1.165) is 0 Å². The van der Waals surface area contributed by atoms with Gasteiger partial charge >= 0.3 is 5.69 Å². The van der Waals surface area contributed by atoms with Crippen LogP contribution in [0.25, 0.3) is 0 Å². The van der Waals surface area contributed by atoms with E-state index in [1.54, 1.807) is 24.3 Å². The number of phenols is 1. The summed E-state index contributed by atoms with van der Waals surface area (Å²) in [4.78, 5) is 16.0. The Bertz CT molecular complexity index is 748. The third-order valence-corrected chi connectivity index (χ3v) is 3.69. The van der Waals surface area contributed by atoms with E-state index in [-0.39, 0.29) is 24.6 Å². The van der Waals surface area contributed by atoms with Crippen molar-refractivity contribution in [1.82, 2.24) is 9.55 Å². The van der Waals surface area contributed by atoms with Gasteiger partial charge in [-0.1, -0.05) is 12.1 Å². The lowest BCUT2D eigenvalue weighted by Gasteiger charge is -2.15. The third kappa shape index (κ3) is 3.19. The first-order valence-corrected chi connectivity index (χ1v) is 7.17. The van der Waals surface area contributed by atoms with Crippen molar-refractivity contribution >= 4 is 11.5 Å². The van der Waals surface area contributed by atoms with Gasteiger partial charge in [0.1, 0.15) is 23.9 Å². The van der Waals surface area contributed by atoms with E-state index in [1.165, 1.54) is 16.8 Å². The second-order valence-corrected chi connectivity index (χ2v) is 5.26. The van der Waals surface area contributed by atoms with Gasteiger partial charge in [0.05, 0.1) is 18.4 Å². The smallest absolute Gasteiger partial charge is 0.351 e. The van der Waals surface area contributed by atoms with Gasteiger partial charge in [0, 0.05) is 12.6 Å². The molecule has 1 aliphatic heterocycles. The minimum atomic E-state index is -0.823. The van der Waals surface area contributed by atoms with Crippen LogP contribution >= 0.6 is 0 Å². The van der Waals surface area contributed by atoms with Gasteiger partial charge in [0.2, 0.25) is 0 Å². The molecule has 2 heterocycles. The van der Waals surface area contributed by atoms with Crippen LogP contribution < -0.4 is 11.0 Å². The lowest BCUT2D eigenvalue weighted by molar-refractivity contribution is -0.0458. The Morgan fingerprint density at radius 2 is 2.13 bits per heavy atom. The Hall–Kier alpha value is -2.42. The fraction of sp³-hybridized carbons (Fsp3) is 0.333. The molecule has 0 spiro atoms. The zero-order valence-corrected chi connectivity index (χ0v) is 12.2. The summed E-state index contributed by atoms with van der Waals surface area (Å²) in [5.74, 6) is 0.330. The number of ether oxygens (including phenoxy) is 1. The van der Waals surface area contributed by atoms with Crippen LogP contribution in [0.15, 0.2) is 41.3 Å². The Balaban J connectivity index is 1.79. The fourth-order valence-electron chi connectivity index (χ4n) is 2.47. The number of benzene rings is 1. The molecular formula is C15H17N3O5. The molecule has 0 bridgehead atoms. The van der Waals surface area contributed by atoms with Crippen molar-refractivity contribution in [2.45, 2.75) is 24.9 Å². The summed E-state index contributed by atoms with van der Waals surface area (Å²) in [6, 6.07) is 8.17. The quantitative estimate of drug-likeness (QED) is 0.600. The van der Waals surface area contributed by atoms with Crippen molar-refractivity contribution < 1.29 is 20.1 Å². The number of aromatic hydroxyl groups is 1. The maximum atomic E-state index is 12.1. The number of nitrogens with zero attached hydrogens (tertiary/aromatic N) is 2. The van der Waals surface area contributed by atoms with Gasteiger partial charge in [-0.3, -0.25) is 4.57 Å². The summed E-state index contributed by atoms with van der Waals surface area (Å²) in [6.45, 7) is -0.313. The molecule has 23 heavy (non-hydrogen) atoms. The van der Waals surface area contributed by atoms with Gasteiger partial charge in [-0.15, -0.1) is 0 Å². The highest BCUT2D eigenvalue weighted by Gasteiger charge is 2.34. The first-order valence-electron chi connectivity index (χ1n) is 7.17. The van der Waals surface area contributed by atoms with Crippen LogP contribution in [0.5, 0.6) is 5.75 Å². The van der Waals surface area contributed by atoms with Crippen LogP contribution in [0, 0.1) is 0 Å². The molecule has 122 valence electrons. The number of hydrogen-bond acceptors (Lipinski definition) is 7. The molecule has 4 N–H and O–H groups in total. The summed E-state index contributed by atoms with van der Waals surface area (Å²) in [7, 11) is 0. The molecule has 0 saturated carbocycles. The number of hydrogen-bond donors (Lipinski definition) is 4. The lowest BCUT2D eigenvalue weighted by atomic mass is 10.2. The summed E-state index contributed by atoms with van der Waals surface area (Å²) in [6.07, 6.45) is -0.489. The topological polar surface area (TPSA) is 117 Å². The number of para-hydroxylation sites is 2. The second-order valence-electron chi connectivity index (χ2n) is 5.26. The van der Waals surface area contributed by atoms with E-state index in [1.807, 2.05) is 0 Å².